The standard InChI is InChI=1S/C14H19NO4/c1-14(2)9-10-5-4-6-11(12(10)19-14)17-7-8-18-13(16)15-3/h4-6H,7-9H2,1-3H3,(H,15,16). The Morgan fingerprint density at radius 3 is 2.95 bits per heavy atom. The van der Waals surface area contributed by atoms with Gasteiger partial charge in [-0.05, 0) is 19.9 Å². The molecule has 5 nitrogen and oxygen atoms in total. The van der Waals surface area contributed by atoms with Gasteiger partial charge in [0, 0.05) is 19.0 Å². The van der Waals surface area contributed by atoms with Crippen LogP contribution in [0.15, 0.2) is 18.2 Å². The molecule has 1 aliphatic heterocycles. The maximum atomic E-state index is 10.9. The Kier molecular flexibility index (Phi) is 3.83. The van der Waals surface area contributed by atoms with Gasteiger partial charge >= 0.3 is 6.09 Å². The Morgan fingerprint density at radius 1 is 1.42 bits per heavy atom. The molecule has 1 aliphatic rings. The summed E-state index contributed by atoms with van der Waals surface area (Å²) in [5, 5.41) is 2.37. The van der Waals surface area contributed by atoms with Gasteiger partial charge < -0.3 is 19.5 Å². The fraction of sp³-hybridized carbons (Fsp3) is 0.500. The van der Waals surface area contributed by atoms with Crippen LogP contribution in [-0.2, 0) is 11.2 Å². The molecule has 104 valence electrons. The first-order valence-corrected chi connectivity index (χ1v) is 6.30. The van der Waals surface area contributed by atoms with Gasteiger partial charge in [0.1, 0.15) is 18.8 Å². The van der Waals surface area contributed by atoms with Crippen molar-refractivity contribution in [3.8, 4) is 11.5 Å². The highest BCUT2D eigenvalue weighted by molar-refractivity contribution is 5.66. The highest BCUT2D eigenvalue weighted by Crippen LogP contribution is 2.41. The molecule has 0 radical (unpaired) electrons. The number of para-hydroxylation sites is 1. The average molecular weight is 265 g/mol. The van der Waals surface area contributed by atoms with Gasteiger partial charge in [-0.2, -0.15) is 0 Å². The molecule has 0 aromatic heterocycles. The van der Waals surface area contributed by atoms with Crippen molar-refractivity contribution in [2.75, 3.05) is 20.3 Å². The van der Waals surface area contributed by atoms with Gasteiger partial charge in [0.2, 0.25) is 0 Å². The van der Waals surface area contributed by atoms with E-state index >= 15 is 0 Å². The molecule has 5 heteroatoms. The normalized spacial score (nSPS) is 15.3. The third kappa shape index (κ3) is 3.30. The first-order valence-electron chi connectivity index (χ1n) is 6.30. The van der Waals surface area contributed by atoms with Crippen molar-refractivity contribution < 1.29 is 19.0 Å². The Morgan fingerprint density at radius 2 is 2.21 bits per heavy atom. The summed E-state index contributed by atoms with van der Waals surface area (Å²) >= 11 is 0. The summed E-state index contributed by atoms with van der Waals surface area (Å²) in [4.78, 5) is 10.9. The van der Waals surface area contributed by atoms with E-state index in [1.165, 1.54) is 7.05 Å². The Labute approximate surface area is 112 Å². The lowest BCUT2D eigenvalue weighted by Crippen LogP contribution is -2.25. The number of rotatable bonds is 4. The minimum Gasteiger partial charge on any atom is -0.486 e. The third-order valence-corrected chi connectivity index (χ3v) is 2.83. The molecule has 0 aliphatic carbocycles. The lowest BCUT2D eigenvalue weighted by Gasteiger charge is -2.18. The smallest absolute Gasteiger partial charge is 0.406 e. The van der Waals surface area contributed by atoms with Crippen molar-refractivity contribution in [1.29, 1.82) is 0 Å². The van der Waals surface area contributed by atoms with Gasteiger partial charge in [-0.15, -0.1) is 0 Å². The van der Waals surface area contributed by atoms with Crippen LogP contribution in [0.1, 0.15) is 19.4 Å². The zero-order valence-electron chi connectivity index (χ0n) is 11.5. The predicted molar refractivity (Wildman–Crippen MR) is 70.8 cm³/mol. The number of carbonyl (C=O) groups excluding carboxylic acids is 1. The molecular formula is C14H19NO4. The number of benzene rings is 1. The highest BCUT2D eigenvalue weighted by atomic mass is 16.6. The second-order valence-corrected chi connectivity index (χ2v) is 5.02. The number of nitrogens with one attached hydrogen (secondary N) is 1. The van der Waals surface area contributed by atoms with Crippen LogP contribution in [0.3, 0.4) is 0 Å². The van der Waals surface area contributed by atoms with Crippen molar-refractivity contribution in [2.24, 2.45) is 0 Å². The number of hydrogen-bond donors (Lipinski definition) is 1. The van der Waals surface area contributed by atoms with Crippen LogP contribution in [0.25, 0.3) is 0 Å². The Hall–Kier alpha value is -1.91. The van der Waals surface area contributed by atoms with E-state index < -0.39 is 6.09 Å². The molecule has 1 amide bonds. The molecule has 1 aromatic rings. The number of ether oxygens (including phenoxy) is 3. The zero-order valence-corrected chi connectivity index (χ0v) is 11.5. The van der Waals surface area contributed by atoms with E-state index in [-0.39, 0.29) is 12.2 Å². The molecule has 2 rings (SSSR count). The molecule has 19 heavy (non-hydrogen) atoms. The van der Waals surface area contributed by atoms with Crippen molar-refractivity contribution in [1.82, 2.24) is 5.32 Å². The monoisotopic (exact) mass is 265 g/mol. The quantitative estimate of drug-likeness (QED) is 0.847. The number of alkyl carbamates (subject to hydrolysis) is 1. The van der Waals surface area contributed by atoms with Gasteiger partial charge in [-0.3, -0.25) is 0 Å². The fourth-order valence-electron chi connectivity index (χ4n) is 2.06. The summed E-state index contributed by atoms with van der Waals surface area (Å²) in [5.41, 5.74) is 0.954. The molecule has 0 saturated heterocycles. The zero-order chi connectivity index (χ0) is 13.9. The first-order chi connectivity index (χ1) is 9.02. The topological polar surface area (TPSA) is 56.8 Å². The summed E-state index contributed by atoms with van der Waals surface area (Å²) in [7, 11) is 1.52. The SMILES string of the molecule is CNC(=O)OCCOc1cccc2c1OC(C)(C)C2. The number of carbonyl (C=O) groups is 1. The predicted octanol–water partition coefficient (Wildman–Crippen LogP) is 2.13. The molecule has 1 aromatic carbocycles. The van der Waals surface area contributed by atoms with E-state index in [1.54, 1.807) is 0 Å². The van der Waals surface area contributed by atoms with E-state index in [9.17, 15) is 4.79 Å². The van der Waals surface area contributed by atoms with Gasteiger partial charge in [0.05, 0.1) is 0 Å². The van der Waals surface area contributed by atoms with Crippen LogP contribution in [0, 0.1) is 0 Å². The lowest BCUT2D eigenvalue weighted by molar-refractivity contribution is 0.117. The van der Waals surface area contributed by atoms with Gasteiger partial charge in [-0.25, -0.2) is 4.79 Å². The fourth-order valence-corrected chi connectivity index (χ4v) is 2.06. The number of fused-ring (bicyclic) bond motifs is 1. The summed E-state index contributed by atoms with van der Waals surface area (Å²) < 4.78 is 16.3. The second kappa shape index (κ2) is 5.38. The molecule has 0 spiro atoms. The van der Waals surface area contributed by atoms with E-state index in [2.05, 4.69) is 5.32 Å². The minimum atomic E-state index is -0.459. The second-order valence-electron chi connectivity index (χ2n) is 5.02. The first kappa shape index (κ1) is 13.5. The molecule has 1 N–H and O–H groups in total. The van der Waals surface area contributed by atoms with Crippen LogP contribution in [0.5, 0.6) is 11.5 Å². The molecule has 0 fully saturated rings. The van der Waals surface area contributed by atoms with E-state index in [0.29, 0.717) is 12.4 Å². The number of amides is 1. The third-order valence-electron chi connectivity index (χ3n) is 2.83. The minimum absolute atomic E-state index is 0.194. The molecule has 0 atom stereocenters. The summed E-state index contributed by atoms with van der Waals surface area (Å²) in [6.45, 7) is 4.59. The van der Waals surface area contributed by atoms with Gasteiger partial charge in [-0.1, -0.05) is 12.1 Å². The van der Waals surface area contributed by atoms with Crippen LogP contribution >= 0.6 is 0 Å². The average Bonchev–Trinajstić information content (AvgIpc) is 2.68. The molecule has 0 unspecified atom stereocenters. The Balaban J connectivity index is 1.92. The van der Waals surface area contributed by atoms with Crippen molar-refractivity contribution in [3.63, 3.8) is 0 Å². The van der Waals surface area contributed by atoms with E-state index in [0.717, 1.165) is 17.7 Å². The molecule has 0 saturated carbocycles. The molecular weight excluding hydrogens is 246 g/mol. The van der Waals surface area contributed by atoms with Crippen molar-refractivity contribution in [2.45, 2.75) is 25.9 Å². The van der Waals surface area contributed by atoms with Crippen LogP contribution in [0.4, 0.5) is 4.79 Å². The van der Waals surface area contributed by atoms with Crippen LogP contribution in [0.2, 0.25) is 0 Å². The van der Waals surface area contributed by atoms with E-state index in [1.807, 2.05) is 32.0 Å². The number of hydrogen-bond acceptors (Lipinski definition) is 4. The van der Waals surface area contributed by atoms with Crippen molar-refractivity contribution >= 4 is 6.09 Å². The maximum absolute atomic E-state index is 10.9. The maximum Gasteiger partial charge on any atom is 0.406 e. The summed E-state index contributed by atoms with van der Waals surface area (Å²) in [6.07, 6.45) is 0.410. The Bertz CT molecular complexity index is 471. The van der Waals surface area contributed by atoms with E-state index in [4.69, 9.17) is 14.2 Å². The largest absolute Gasteiger partial charge is 0.486 e. The summed E-state index contributed by atoms with van der Waals surface area (Å²) in [6, 6.07) is 5.84. The van der Waals surface area contributed by atoms with Gasteiger partial charge in [0.15, 0.2) is 11.5 Å². The summed E-state index contributed by atoms with van der Waals surface area (Å²) in [5.74, 6) is 1.50. The lowest BCUT2D eigenvalue weighted by atomic mass is 10.0. The van der Waals surface area contributed by atoms with Crippen molar-refractivity contribution in [3.05, 3.63) is 23.8 Å². The van der Waals surface area contributed by atoms with Crippen LogP contribution in [-0.4, -0.2) is 32.0 Å². The van der Waals surface area contributed by atoms with Gasteiger partial charge in [0.25, 0.3) is 0 Å². The molecule has 0 bridgehead atoms. The highest BCUT2D eigenvalue weighted by Gasteiger charge is 2.32. The molecule has 1 heterocycles. The van der Waals surface area contributed by atoms with Crippen LogP contribution < -0.4 is 14.8 Å².